The van der Waals surface area contributed by atoms with E-state index in [9.17, 15) is 0 Å². The van der Waals surface area contributed by atoms with E-state index in [0.717, 1.165) is 11.3 Å². The summed E-state index contributed by atoms with van der Waals surface area (Å²) in [6, 6.07) is 8.21. The number of aromatic nitrogens is 2. The smallest absolute Gasteiger partial charge is 0.203 e. The first-order chi connectivity index (χ1) is 7.29. The van der Waals surface area contributed by atoms with Crippen LogP contribution in [-0.4, -0.2) is 15.1 Å². The van der Waals surface area contributed by atoms with E-state index in [0.29, 0.717) is 10.3 Å². The molecule has 5 heteroatoms. The topological polar surface area (TPSA) is 25.8 Å². The zero-order chi connectivity index (χ0) is 10.7. The van der Waals surface area contributed by atoms with Crippen molar-refractivity contribution in [2.24, 2.45) is 0 Å². The lowest BCUT2D eigenvalue weighted by molar-refractivity contribution is 1.31. The van der Waals surface area contributed by atoms with Gasteiger partial charge < -0.3 is 0 Å². The molecule has 0 aliphatic rings. The molecule has 0 saturated heterocycles. The Morgan fingerprint density at radius 2 is 2.07 bits per heavy atom. The predicted molar refractivity (Wildman–Crippen MR) is 66.8 cm³/mol. The minimum Gasteiger partial charge on any atom is -0.203 e. The normalized spacial score (nSPS) is 10.5. The molecule has 2 rings (SSSR count). The average Bonchev–Trinajstić information content (AvgIpc) is 2.67. The van der Waals surface area contributed by atoms with E-state index in [2.05, 4.69) is 28.4 Å². The van der Waals surface area contributed by atoms with Crippen molar-refractivity contribution in [2.45, 2.75) is 11.8 Å². The van der Waals surface area contributed by atoms with Gasteiger partial charge in [0.2, 0.25) is 4.47 Å². The van der Waals surface area contributed by atoms with Gasteiger partial charge in [-0.3, -0.25) is 0 Å². The van der Waals surface area contributed by atoms with Gasteiger partial charge in [0.05, 0.1) is 0 Å². The monoisotopic (exact) mass is 256 g/mol. The standard InChI is InChI=1S/C10H9ClN2S2/c1-2-14-8-5-3-7(4-6-8)9-12-10(11)15-13-9/h3-6H,2H2,1H3. The lowest BCUT2D eigenvalue weighted by Gasteiger charge is -1.99. The first-order valence-electron chi connectivity index (χ1n) is 4.52. The average molecular weight is 257 g/mol. The second-order valence-corrected chi connectivity index (χ2v) is 5.50. The molecule has 1 heterocycles. The quantitative estimate of drug-likeness (QED) is 0.777. The third kappa shape index (κ3) is 2.71. The van der Waals surface area contributed by atoms with Gasteiger partial charge in [-0.15, -0.1) is 11.8 Å². The predicted octanol–water partition coefficient (Wildman–Crippen LogP) is 3.97. The van der Waals surface area contributed by atoms with Crippen LogP contribution in [0, 0.1) is 0 Å². The zero-order valence-corrected chi connectivity index (χ0v) is 10.5. The van der Waals surface area contributed by atoms with E-state index < -0.39 is 0 Å². The van der Waals surface area contributed by atoms with E-state index in [1.165, 1.54) is 16.4 Å². The number of halogens is 1. The summed E-state index contributed by atoms with van der Waals surface area (Å²) in [6.45, 7) is 2.14. The molecule has 0 atom stereocenters. The van der Waals surface area contributed by atoms with E-state index in [1.54, 1.807) is 0 Å². The molecule has 1 aromatic carbocycles. The largest absolute Gasteiger partial charge is 0.203 e. The molecule has 0 aliphatic heterocycles. The molecule has 0 aliphatic carbocycles. The Morgan fingerprint density at radius 3 is 2.60 bits per heavy atom. The molecular formula is C10H9ClN2S2. The van der Waals surface area contributed by atoms with Crippen LogP contribution in [0.1, 0.15) is 6.92 Å². The van der Waals surface area contributed by atoms with Crippen molar-refractivity contribution in [2.75, 3.05) is 5.75 Å². The molecule has 0 bridgehead atoms. The van der Waals surface area contributed by atoms with Crippen LogP contribution in [0.2, 0.25) is 4.47 Å². The highest BCUT2D eigenvalue weighted by Gasteiger charge is 2.04. The number of rotatable bonds is 3. The highest BCUT2D eigenvalue weighted by atomic mass is 35.5. The molecule has 2 nitrogen and oxygen atoms in total. The second-order valence-electron chi connectivity index (χ2n) is 2.83. The van der Waals surface area contributed by atoms with E-state index in [1.807, 2.05) is 23.9 Å². The Morgan fingerprint density at radius 1 is 1.33 bits per heavy atom. The highest BCUT2D eigenvalue weighted by Crippen LogP contribution is 2.24. The summed E-state index contributed by atoms with van der Waals surface area (Å²) >= 11 is 8.77. The van der Waals surface area contributed by atoms with E-state index in [-0.39, 0.29) is 0 Å². The first-order valence-corrected chi connectivity index (χ1v) is 6.65. The molecular weight excluding hydrogens is 248 g/mol. The maximum Gasteiger partial charge on any atom is 0.203 e. The summed E-state index contributed by atoms with van der Waals surface area (Å²) in [5, 5.41) is 0. The van der Waals surface area contributed by atoms with Crippen LogP contribution in [0.25, 0.3) is 11.4 Å². The fourth-order valence-corrected chi connectivity index (χ4v) is 2.47. The van der Waals surface area contributed by atoms with Crippen molar-refractivity contribution < 1.29 is 0 Å². The van der Waals surface area contributed by atoms with Gasteiger partial charge in [-0.2, -0.15) is 4.37 Å². The van der Waals surface area contributed by atoms with Crippen LogP contribution >= 0.6 is 34.9 Å². The van der Waals surface area contributed by atoms with Crippen molar-refractivity contribution >= 4 is 34.9 Å². The summed E-state index contributed by atoms with van der Waals surface area (Å²) in [5.74, 6) is 1.79. The second kappa shape index (κ2) is 4.96. The lowest BCUT2D eigenvalue weighted by Crippen LogP contribution is -1.80. The van der Waals surface area contributed by atoms with Crippen LogP contribution in [0.5, 0.6) is 0 Å². The minimum absolute atomic E-state index is 0.483. The van der Waals surface area contributed by atoms with Gasteiger partial charge in [-0.1, -0.05) is 19.1 Å². The Kier molecular flexibility index (Phi) is 3.61. The van der Waals surface area contributed by atoms with Crippen LogP contribution in [0.3, 0.4) is 0 Å². The summed E-state index contributed by atoms with van der Waals surface area (Å²) in [6.07, 6.45) is 0. The van der Waals surface area contributed by atoms with Crippen molar-refractivity contribution in [1.82, 2.24) is 9.36 Å². The molecule has 1 aromatic heterocycles. The molecule has 0 spiro atoms. The van der Waals surface area contributed by atoms with Gasteiger partial charge in [-0.25, -0.2) is 4.98 Å². The summed E-state index contributed by atoms with van der Waals surface area (Å²) in [5.41, 5.74) is 1.01. The Balaban J connectivity index is 2.23. The molecule has 78 valence electrons. The minimum atomic E-state index is 0.483. The molecule has 0 radical (unpaired) electrons. The van der Waals surface area contributed by atoms with E-state index >= 15 is 0 Å². The number of hydrogen-bond acceptors (Lipinski definition) is 4. The van der Waals surface area contributed by atoms with E-state index in [4.69, 9.17) is 11.6 Å². The molecule has 0 N–H and O–H groups in total. The molecule has 15 heavy (non-hydrogen) atoms. The van der Waals surface area contributed by atoms with Crippen LogP contribution in [0.15, 0.2) is 29.2 Å². The Hall–Kier alpha value is -0.580. The first kappa shape index (κ1) is 10.9. The summed E-state index contributed by atoms with van der Waals surface area (Å²) in [7, 11) is 0. The Labute approximate surface area is 102 Å². The molecule has 0 unspecified atom stereocenters. The lowest BCUT2D eigenvalue weighted by atomic mass is 10.2. The van der Waals surface area contributed by atoms with Crippen LogP contribution in [0.4, 0.5) is 0 Å². The summed E-state index contributed by atoms with van der Waals surface area (Å²) < 4.78 is 4.64. The molecule has 0 saturated carbocycles. The maximum absolute atomic E-state index is 5.73. The third-order valence-corrected chi connectivity index (χ3v) is 3.52. The van der Waals surface area contributed by atoms with Crippen molar-refractivity contribution in [3.8, 4) is 11.4 Å². The number of thioether (sulfide) groups is 1. The van der Waals surface area contributed by atoms with Gasteiger partial charge in [0.1, 0.15) is 0 Å². The Bertz CT molecular complexity index is 439. The van der Waals surface area contributed by atoms with Gasteiger partial charge in [-0.05, 0) is 41.0 Å². The summed E-state index contributed by atoms with van der Waals surface area (Å²) in [4.78, 5) is 5.39. The van der Waals surface area contributed by atoms with Crippen molar-refractivity contribution in [1.29, 1.82) is 0 Å². The maximum atomic E-state index is 5.73. The molecule has 0 amide bonds. The van der Waals surface area contributed by atoms with Gasteiger partial charge in [0.25, 0.3) is 0 Å². The zero-order valence-electron chi connectivity index (χ0n) is 8.11. The molecule has 2 aromatic rings. The molecule has 0 fully saturated rings. The van der Waals surface area contributed by atoms with Crippen molar-refractivity contribution in [3.05, 3.63) is 28.7 Å². The van der Waals surface area contributed by atoms with Gasteiger partial charge >= 0.3 is 0 Å². The number of hydrogen-bond donors (Lipinski definition) is 0. The third-order valence-electron chi connectivity index (χ3n) is 1.82. The fourth-order valence-electron chi connectivity index (χ4n) is 1.19. The van der Waals surface area contributed by atoms with Crippen molar-refractivity contribution in [3.63, 3.8) is 0 Å². The van der Waals surface area contributed by atoms with Crippen LogP contribution < -0.4 is 0 Å². The SMILES string of the molecule is CCSc1ccc(-c2nsc(Cl)n2)cc1. The van der Waals surface area contributed by atoms with Gasteiger partial charge in [0, 0.05) is 10.5 Å². The van der Waals surface area contributed by atoms with Crippen LogP contribution in [-0.2, 0) is 0 Å². The number of benzene rings is 1. The van der Waals surface area contributed by atoms with Gasteiger partial charge in [0.15, 0.2) is 5.82 Å². The highest BCUT2D eigenvalue weighted by molar-refractivity contribution is 7.99. The number of nitrogens with zero attached hydrogens (tertiary/aromatic N) is 2. The fraction of sp³-hybridized carbons (Fsp3) is 0.200.